The van der Waals surface area contributed by atoms with E-state index in [1.54, 1.807) is 12.3 Å². The number of rotatable bonds is 2. The van der Waals surface area contributed by atoms with Crippen LogP contribution in [-0.2, 0) is 0 Å². The zero-order valence-electron chi connectivity index (χ0n) is 11.1. The molecule has 2 heterocycles. The summed E-state index contributed by atoms with van der Waals surface area (Å²) in [6, 6.07) is 11.4. The van der Waals surface area contributed by atoms with Gasteiger partial charge >= 0.3 is 0 Å². The molecular weight excluding hydrogens is 352 g/mol. The molecule has 1 unspecified atom stereocenters. The van der Waals surface area contributed by atoms with Gasteiger partial charge in [0.2, 0.25) is 0 Å². The molecule has 0 bridgehead atoms. The summed E-state index contributed by atoms with van der Waals surface area (Å²) in [5, 5.41) is 9.09. The molecule has 2 aromatic heterocycles. The maximum absolute atomic E-state index is 9.39. The summed E-state index contributed by atoms with van der Waals surface area (Å²) in [6.07, 6.45) is 1.70. The largest absolute Gasteiger partial charge is 0.278 e. The molecule has 3 aromatic rings. The van der Waals surface area contributed by atoms with Crippen molar-refractivity contribution in [2.75, 3.05) is 0 Å². The first-order valence-corrected chi connectivity index (χ1v) is 7.52. The van der Waals surface area contributed by atoms with Crippen molar-refractivity contribution < 1.29 is 0 Å². The molecule has 0 fully saturated rings. The number of nitriles is 1. The van der Waals surface area contributed by atoms with Gasteiger partial charge < -0.3 is 0 Å². The first kappa shape index (κ1) is 14.1. The van der Waals surface area contributed by atoms with E-state index in [1.807, 2.05) is 35.8 Å². The number of imidazole rings is 1. The molecule has 0 saturated carbocycles. The molecule has 0 radical (unpaired) electrons. The van der Waals surface area contributed by atoms with Crippen molar-refractivity contribution in [2.45, 2.75) is 12.3 Å². The second-order valence-electron chi connectivity index (χ2n) is 4.54. The van der Waals surface area contributed by atoms with Crippen LogP contribution in [0.25, 0.3) is 16.9 Å². The van der Waals surface area contributed by atoms with Crippen LogP contribution in [0.1, 0.15) is 23.7 Å². The van der Waals surface area contributed by atoms with Gasteiger partial charge in [0.05, 0.1) is 16.6 Å². The van der Waals surface area contributed by atoms with E-state index in [-0.39, 0.29) is 5.38 Å². The van der Waals surface area contributed by atoms with Crippen molar-refractivity contribution in [3.8, 4) is 11.8 Å². The van der Waals surface area contributed by atoms with Crippen LogP contribution in [0.15, 0.2) is 41.0 Å². The van der Waals surface area contributed by atoms with Crippen molar-refractivity contribution in [3.63, 3.8) is 0 Å². The van der Waals surface area contributed by atoms with Crippen LogP contribution in [-0.4, -0.2) is 14.5 Å². The van der Waals surface area contributed by atoms with E-state index in [9.17, 15) is 5.26 Å². The molecule has 0 aliphatic rings. The number of hydrogen-bond donors (Lipinski definition) is 0. The Morgan fingerprint density at radius 3 is 2.90 bits per heavy atom. The van der Waals surface area contributed by atoms with Gasteiger partial charge in [-0.3, -0.25) is 4.57 Å². The molecule has 0 saturated heterocycles. The van der Waals surface area contributed by atoms with Crippen LogP contribution >= 0.6 is 27.5 Å². The van der Waals surface area contributed by atoms with Crippen LogP contribution in [0.5, 0.6) is 0 Å². The Kier molecular flexibility index (Phi) is 3.66. The SMILES string of the molecule is CC(Cl)c1nc2cccnc2n1-c1ccc(Br)cc1C#N. The van der Waals surface area contributed by atoms with Gasteiger partial charge in [-0.2, -0.15) is 5.26 Å². The van der Waals surface area contributed by atoms with Gasteiger partial charge in [0.1, 0.15) is 17.4 Å². The second-order valence-corrected chi connectivity index (χ2v) is 6.11. The smallest absolute Gasteiger partial charge is 0.164 e. The molecule has 6 heteroatoms. The minimum atomic E-state index is -0.297. The van der Waals surface area contributed by atoms with Crippen LogP contribution in [0.4, 0.5) is 0 Å². The number of nitrogens with zero attached hydrogens (tertiary/aromatic N) is 4. The van der Waals surface area contributed by atoms with Crippen molar-refractivity contribution >= 4 is 38.7 Å². The van der Waals surface area contributed by atoms with E-state index in [0.29, 0.717) is 17.0 Å². The number of pyridine rings is 1. The zero-order valence-corrected chi connectivity index (χ0v) is 13.4. The highest BCUT2D eigenvalue weighted by Gasteiger charge is 2.19. The number of benzene rings is 1. The fourth-order valence-corrected chi connectivity index (χ4v) is 2.73. The van der Waals surface area contributed by atoms with E-state index >= 15 is 0 Å². The Morgan fingerprint density at radius 1 is 1.38 bits per heavy atom. The highest BCUT2D eigenvalue weighted by molar-refractivity contribution is 9.10. The molecule has 3 rings (SSSR count). The van der Waals surface area contributed by atoms with Crippen molar-refractivity contribution in [1.82, 2.24) is 14.5 Å². The fourth-order valence-electron chi connectivity index (χ4n) is 2.23. The van der Waals surface area contributed by atoms with Crippen LogP contribution in [0.2, 0.25) is 0 Å². The van der Waals surface area contributed by atoms with Crippen molar-refractivity contribution in [2.24, 2.45) is 0 Å². The van der Waals surface area contributed by atoms with E-state index in [0.717, 1.165) is 15.7 Å². The number of fused-ring (bicyclic) bond motifs is 1. The zero-order chi connectivity index (χ0) is 15.0. The number of hydrogen-bond acceptors (Lipinski definition) is 3. The van der Waals surface area contributed by atoms with Crippen molar-refractivity contribution in [3.05, 3.63) is 52.4 Å². The molecule has 0 N–H and O–H groups in total. The molecule has 104 valence electrons. The van der Waals surface area contributed by atoms with Crippen LogP contribution in [0.3, 0.4) is 0 Å². The molecule has 1 atom stereocenters. The monoisotopic (exact) mass is 360 g/mol. The highest BCUT2D eigenvalue weighted by atomic mass is 79.9. The van der Waals surface area contributed by atoms with Crippen LogP contribution in [0, 0.1) is 11.3 Å². The maximum Gasteiger partial charge on any atom is 0.164 e. The second kappa shape index (κ2) is 5.47. The van der Waals surface area contributed by atoms with Gasteiger partial charge in [0, 0.05) is 10.7 Å². The highest BCUT2D eigenvalue weighted by Crippen LogP contribution is 2.29. The molecule has 0 spiro atoms. The summed E-state index contributed by atoms with van der Waals surface area (Å²) in [7, 11) is 0. The van der Waals surface area contributed by atoms with E-state index in [1.165, 1.54) is 0 Å². The predicted octanol–water partition coefficient (Wildman–Crippen LogP) is 4.35. The summed E-state index contributed by atoms with van der Waals surface area (Å²) >= 11 is 9.63. The quantitative estimate of drug-likeness (QED) is 0.637. The first-order chi connectivity index (χ1) is 10.1. The average Bonchev–Trinajstić information content (AvgIpc) is 2.86. The summed E-state index contributed by atoms with van der Waals surface area (Å²) in [5.74, 6) is 0.671. The predicted molar refractivity (Wildman–Crippen MR) is 85.5 cm³/mol. The molecular formula is C15H10BrClN4. The lowest BCUT2D eigenvalue weighted by Crippen LogP contribution is -2.04. The number of alkyl halides is 1. The van der Waals surface area contributed by atoms with E-state index in [2.05, 4.69) is 32.0 Å². The molecule has 1 aromatic carbocycles. The van der Waals surface area contributed by atoms with Crippen molar-refractivity contribution in [1.29, 1.82) is 5.26 Å². The van der Waals surface area contributed by atoms with Gasteiger partial charge in [-0.25, -0.2) is 9.97 Å². The number of halogens is 2. The Morgan fingerprint density at radius 2 is 2.19 bits per heavy atom. The standard InChI is InChI=1S/C15H10BrClN4/c1-9(17)14-20-12-3-2-6-19-15(12)21(14)13-5-4-11(16)7-10(13)8-18/h2-7,9H,1H3. The molecule has 21 heavy (non-hydrogen) atoms. The van der Waals surface area contributed by atoms with Crippen LogP contribution < -0.4 is 0 Å². The fraction of sp³-hybridized carbons (Fsp3) is 0.133. The summed E-state index contributed by atoms with van der Waals surface area (Å²) in [5.41, 5.74) is 2.71. The summed E-state index contributed by atoms with van der Waals surface area (Å²) in [4.78, 5) is 8.91. The van der Waals surface area contributed by atoms with Gasteiger partial charge in [0.25, 0.3) is 0 Å². The van der Waals surface area contributed by atoms with Gasteiger partial charge in [-0.15, -0.1) is 11.6 Å². The maximum atomic E-state index is 9.39. The molecule has 0 aliphatic carbocycles. The summed E-state index contributed by atoms with van der Waals surface area (Å²) < 4.78 is 2.69. The van der Waals surface area contributed by atoms with E-state index < -0.39 is 0 Å². The molecule has 0 amide bonds. The lowest BCUT2D eigenvalue weighted by Gasteiger charge is -2.11. The topological polar surface area (TPSA) is 54.5 Å². The lowest BCUT2D eigenvalue weighted by atomic mass is 10.2. The minimum Gasteiger partial charge on any atom is -0.278 e. The Labute approximate surface area is 135 Å². The van der Waals surface area contributed by atoms with Gasteiger partial charge in [-0.05, 0) is 37.3 Å². The third-order valence-electron chi connectivity index (χ3n) is 3.12. The Bertz CT molecular complexity index is 864. The normalized spacial score (nSPS) is 12.3. The first-order valence-electron chi connectivity index (χ1n) is 6.29. The van der Waals surface area contributed by atoms with Gasteiger partial charge in [0.15, 0.2) is 5.65 Å². The Hall–Kier alpha value is -1.90. The molecule has 4 nitrogen and oxygen atoms in total. The summed E-state index contributed by atoms with van der Waals surface area (Å²) in [6.45, 7) is 1.85. The third-order valence-corrected chi connectivity index (χ3v) is 3.81. The lowest BCUT2D eigenvalue weighted by molar-refractivity contribution is 0.875. The minimum absolute atomic E-state index is 0.297. The van der Waals surface area contributed by atoms with Gasteiger partial charge in [-0.1, -0.05) is 15.9 Å². The Balaban J connectivity index is 2.39. The molecule has 0 aliphatic heterocycles. The number of aromatic nitrogens is 3. The third kappa shape index (κ3) is 2.41. The average molecular weight is 362 g/mol. The van der Waals surface area contributed by atoms with E-state index in [4.69, 9.17) is 11.6 Å².